The van der Waals surface area contributed by atoms with E-state index in [4.69, 9.17) is 0 Å². The molecule has 2 aromatic rings. The van der Waals surface area contributed by atoms with Gasteiger partial charge in [0.05, 0.1) is 5.01 Å². The van der Waals surface area contributed by atoms with Crippen LogP contribution in [0.4, 0.5) is 4.39 Å². The highest BCUT2D eigenvalue weighted by Gasteiger charge is 2.33. The van der Waals surface area contributed by atoms with Gasteiger partial charge in [0.15, 0.2) is 0 Å². The van der Waals surface area contributed by atoms with Crippen molar-refractivity contribution in [3.63, 3.8) is 0 Å². The van der Waals surface area contributed by atoms with E-state index >= 15 is 0 Å². The van der Waals surface area contributed by atoms with Crippen molar-refractivity contribution in [3.05, 3.63) is 52.2 Å². The maximum absolute atomic E-state index is 13.1. The van der Waals surface area contributed by atoms with Crippen LogP contribution in [-0.4, -0.2) is 52.8 Å². The van der Waals surface area contributed by atoms with Gasteiger partial charge < -0.3 is 9.80 Å². The zero-order chi connectivity index (χ0) is 19.5. The molecule has 2 saturated heterocycles. The summed E-state index contributed by atoms with van der Waals surface area (Å²) in [5.41, 5.74) is 0.494. The predicted octanol–water partition coefficient (Wildman–Crippen LogP) is 3.54. The summed E-state index contributed by atoms with van der Waals surface area (Å²) in [4.78, 5) is 33.8. The van der Waals surface area contributed by atoms with E-state index < -0.39 is 0 Å². The molecule has 0 bridgehead atoms. The number of nitrogens with zero attached hydrogens (tertiary/aromatic N) is 3. The van der Waals surface area contributed by atoms with Crippen LogP contribution in [-0.2, 0) is 4.79 Å². The maximum Gasteiger partial charge on any atom is 0.253 e. The highest BCUT2D eigenvalue weighted by Crippen LogP contribution is 2.30. The lowest BCUT2D eigenvalue weighted by atomic mass is 9.92. The summed E-state index contributed by atoms with van der Waals surface area (Å²) in [5, 5.41) is 3.11. The molecule has 7 heteroatoms. The lowest BCUT2D eigenvalue weighted by Crippen LogP contribution is -2.46. The minimum Gasteiger partial charge on any atom is -0.342 e. The number of piperidine rings is 2. The van der Waals surface area contributed by atoms with Gasteiger partial charge in [0.1, 0.15) is 5.82 Å². The summed E-state index contributed by atoms with van der Waals surface area (Å²) in [6.07, 6.45) is 5.29. The van der Waals surface area contributed by atoms with Crippen molar-refractivity contribution in [2.75, 3.05) is 26.2 Å². The van der Waals surface area contributed by atoms with Gasteiger partial charge in [-0.05, 0) is 49.9 Å². The Labute approximate surface area is 168 Å². The molecule has 2 aliphatic rings. The van der Waals surface area contributed by atoms with Gasteiger partial charge in [-0.15, -0.1) is 11.3 Å². The van der Waals surface area contributed by atoms with Crippen molar-refractivity contribution in [1.82, 2.24) is 14.8 Å². The van der Waals surface area contributed by atoms with Gasteiger partial charge in [-0.1, -0.05) is 0 Å². The SMILES string of the molecule is O=C(c1ccc(F)cc1)N1CCC(C(=O)N2CCCC(c3nccs3)C2)CC1. The summed E-state index contributed by atoms with van der Waals surface area (Å²) >= 11 is 1.66. The zero-order valence-corrected chi connectivity index (χ0v) is 16.5. The lowest BCUT2D eigenvalue weighted by molar-refractivity contribution is -0.138. The Morgan fingerprint density at radius 2 is 1.79 bits per heavy atom. The second-order valence-electron chi connectivity index (χ2n) is 7.57. The van der Waals surface area contributed by atoms with Gasteiger partial charge in [-0.2, -0.15) is 0 Å². The number of thiazole rings is 1. The molecule has 5 nitrogen and oxygen atoms in total. The number of carbonyl (C=O) groups excluding carboxylic acids is 2. The van der Waals surface area contributed by atoms with Crippen LogP contribution in [0.1, 0.15) is 47.0 Å². The highest BCUT2D eigenvalue weighted by atomic mass is 32.1. The molecule has 0 N–H and O–H groups in total. The molecule has 0 spiro atoms. The molecule has 0 radical (unpaired) electrons. The molecule has 28 heavy (non-hydrogen) atoms. The van der Waals surface area contributed by atoms with Crippen LogP contribution in [0.25, 0.3) is 0 Å². The first-order valence-corrected chi connectivity index (χ1v) is 10.7. The van der Waals surface area contributed by atoms with Crippen molar-refractivity contribution < 1.29 is 14.0 Å². The average Bonchev–Trinajstić information content (AvgIpc) is 3.28. The Kier molecular flexibility index (Phi) is 5.71. The number of aromatic nitrogens is 1. The molecule has 1 unspecified atom stereocenters. The lowest BCUT2D eigenvalue weighted by Gasteiger charge is -2.37. The third-order valence-corrected chi connectivity index (χ3v) is 6.69. The average molecular weight is 402 g/mol. The van der Waals surface area contributed by atoms with Crippen LogP contribution in [0.15, 0.2) is 35.8 Å². The van der Waals surface area contributed by atoms with Crippen molar-refractivity contribution in [3.8, 4) is 0 Å². The zero-order valence-electron chi connectivity index (χ0n) is 15.7. The van der Waals surface area contributed by atoms with E-state index in [-0.39, 0.29) is 23.5 Å². The van der Waals surface area contributed by atoms with Gasteiger partial charge in [0.25, 0.3) is 5.91 Å². The normalized spacial score (nSPS) is 21.0. The summed E-state index contributed by atoms with van der Waals surface area (Å²) in [7, 11) is 0. The highest BCUT2D eigenvalue weighted by molar-refractivity contribution is 7.09. The van der Waals surface area contributed by atoms with Crippen LogP contribution in [0.2, 0.25) is 0 Å². The number of benzene rings is 1. The summed E-state index contributed by atoms with van der Waals surface area (Å²) in [6, 6.07) is 5.64. The molecule has 0 saturated carbocycles. The fourth-order valence-electron chi connectivity index (χ4n) is 4.18. The molecule has 2 fully saturated rings. The van der Waals surface area contributed by atoms with Crippen molar-refractivity contribution in [2.45, 2.75) is 31.6 Å². The van der Waals surface area contributed by atoms with Crippen molar-refractivity contribution in [2.24, 2.45) is 5.92 Å². The number of hydrogen-bond acceptors (Lipinski definition) is 4. The van der Waals surface area contributed by atoms with Crippen LogP contribution >= 0.6 is 11.3 Å². The molecule has 148 valence electrons. The quantitative estimate of drug-likeness (QED) is 0.791. The maximum atomic E-state index is 13.1. The molecular weight excluding hydrogens is 377 g/mol. The van der Waals surface area contributed by atoms with Crippen LogP contribution in [0.5, 0.6) is 0 Å². The van der Waals surface area contributed by atoms with Crippen LogP contribution in [0, 0.1) is 11.7 Å². The third-order valence-electron chi connectivity index (χ3n) is 5.76. The van der Waals surface area contributed by atoms with Gasteiger partial charge in [0.2, 0.25) is 5.91 Å². The second kappa shape index (κ2) is 8.39. The third kappa shape index (κ3) is 4.09. The van der Waals surface area contributed by atoms with E-state index in [1.165, 1.54) is 24.3 Å². The number of rotatable bonds is 3. The topological polar surface area (TPSA) is 53.5 Å². The monoisotopic (exact) mass is 401 g/mol. The van der Waals surface area contributed by atoms with Gasteiger partial charge in [-0.3, -0.25) is 9.59 Å². The van der Waals surface area contributed by atoms with Crippen LogP contribution in [0.3, 0.4) is 0 Å². The fourth-order valence-corrected chi connectivity index (χ4v) is 4.95. The first kappa shape index (κ1) is 19.1. The Balaban J connectivity index is 1.32. The fraction of sp³-hybridized carbons (Fsp3) is 0.476. The standard InChI is InChI=1S/C21H24FN3O2S/c22-18-5-3-15(4-6-18)20(26)24-11-7-16(8-12-24)21(27)25-10-1-2-17(14-25)19-23-9-13-28-19/h3-6,9,13,16-17H,1-2,7-8,10-12,14H2. The molecule has 4 rings (SSSR count). The first-order valence-electron chi connectivity index (χ1n) is 9.85. The van der Waals surface area contributed by atoms with Crippen molar-refractivity contribution in [1.29, 1.82) is 0 Å². The number of likely N-dealkylation sites (tertiary alicyclic amines) is 2. The molecule has 2 amide bonds. The van der Waals surface area contributed by atoms with Gasteiger partial charge >= 0.3 is 0 Å². The first-order chi connectivity index (χ1) is 13.6. The number of hydrogen-bond donors (Lipinski definition) is 0. The predicted molar refractivity (Wildman–Crippen MR) is 106 cm³/mol. The summed E-state index contributed by atoms with van der Waals surface area (Å²) in [6.45, 7) is 2.70. The molecule has 2 aliphatic heterocycles. The molecular formula is C21H24FN3O2S. The molecule has 1 aromatic heterocycles. The second-order valence-corrected chi connectivity index (χ2v) is 8.49. The van der Waals surface area contributed by atoms with E-state index in [0.717, 1.165) is 30.9 Å². The minimum atomic E-state index is -0.349. The minimum absolute atomic E-state index is 0.0210. The molecule has 1 atom stereocenters. The van der Waals surface area contributed by atoms with Crippen LogP contribution < -0.4 is 0 Å². The Hall–Kier alpha value is -2.28. The smallest absolute Gasteiger partial charge is 0.253 e. The Bertz CT molecular complexity index is 817. The van der Waals surface area contributed by atoms with E-state index in [0.29, 0.717) is 37.4 Å². The largest absolute Gasteiger partial charge is 0.342 e. The van der Waals surface area contributed by atoms with Gasteiger partial charge in [0, 0.05) is 55.2 Å². The summed E-state index contributed by atoms with van der Waals surface area (Å²) in [5.74, 6) is 0.103. The van der Waals surface area contributed by atoms with Crippen molar-refractivity contribution >= 4 is 23.2 Å². The van der Waals surface area contributed by atoms with Gasteiger partial charge in [-0.25, -0.2) is 9.37 Å². The number of amides is 2. The molecule has 1 aromatic carbocycles. The van der Waals surface area contributed by atoms with E-state index in [9.17, 15) is 14.0 Å². The van der Waals surface area contributed by atoms with E-state index in [1.807, 2.05) is 16.5 Å². The Morgan fingerprint density at radius 3 is 2.46 bits per heavy atom. The van der Waals surface area contributed by atoms with E-state index in [1.54, 1.807) is 16.2 Å². The molecule has 3 heterocycles. The molecule has 0 aliphatic carbocycles. The number of carbonyl (C=O) groups is 2. The summed E-state index contributed by atoms with van der Waals surface area (Å²) < 4.78 is 13.1. The number of halogens is 1. The Morgan fingerprint density at radius 1 is 1.04 bits per heavy atom. The van der Waals surface area contributed by atoms with E-state index in [2.05, 4.69) is 4.98 Å².